The van der Waals surface area contributed by atoms with E-state index in [0.29, 0.717) is 35.2 Å². The Bertz CT molecular complexity index is 1070. The Labute approximate surface area is 168 Å². The van der Waals surface area contributed by atoms with E-state index in [2.05, 4.69) is 5.10 Å². The molecule has 4 rings (SSSR count). The highest BCUT2D eigenvalue weighted by atomic mass is 16.7. The highest BCUT2D eigenvalue weighted by Crippen LogP contribution is 2.35. The van der Waals surface area contributed by atoms with Crippen LogP contribution in [-0.4, -0.2) is 29.5 Å². The Hall–Kier alpha value is -3.74. The molecule has 29 heavy (non-hydrogen) atoms. The standard InChI is InChI=1S/C22H20N2O5/c1-24-12-17(11-23-24)19(25)6-3-15-4-7-20(26-2)16(9-15)13-27-18-5-8-21-22(10-18)29-14-28-21/h3-12H,13-14H2,1-2H3/b6-3+. The van der Waals surface area contributed by atoms with Crippen molar-refractivity contribution >= 4 is 11.9 Å². The van der Waals surface area contributed by atoms with Crippen LogP contribution in [0.25, 0.3) is 6.08 Å². The minimum absolute atomic E-state index is 0.105. The minimum atomic E-state index is -0.105. The Kier molecular flexibility index (Phi) is 5.20. The molecule has 0 aliphatic carbocycles. The third kappa shape index (κ3) is 4.24. The van der Waals surface area contributed by atoms with Crippen molar-refractivity contribution in [2.75, 3.05) is 13.9 Å². The third-order valence-corrected chi connectivity index (χ3v) is 4.46. The molecule has 0 saturated carbocycles. The normalized spacial score (nSPS) is 12.3. The summed E-state index contributed by atoms with van der Waals surface area (Å²) in [7, 11) is 3.39. The number of carbonyl (C=O) groups is 1. The van der Waals surface area contributed by atoms with Gasteiger partial charge in [0.1, 0.15) is 18.1 Å². The van der Waals surface area contributed by atoms with Crippen molar-refractivity contribution in [1.29, 1.82) is 0 Å². The van der Waals surface area contributed by atoms with Crippen LogP contribution in [0.5, 0.6) is 23.0 Å². The van der Waals surface area contributed by atoms with Gasteiger partial charge in [-0.3, -0.25) is 9.48 Å². The molecular weight excluding hydrogens is 372 g/mol. The first-order valence-electron chi connectivity index (χ1n) is 9.03. The number of methoxy groups -OCH3 is 1. The van der Waals surface area contributed by atoms with Crippen LogP contribution in [0.4, 0.5) is 0 Å². The second kappa shape index (κ2) is 8.10. The van der Waals surface area contributed by atoms with Gasteiger partial charge in [0.2, 0.25) is 6.79 Å². The fourth-order valence-electron chi connectivity index (χ4n) is 2.96. The van der Waals surface area contributed by atoms with E-state index >= 15 is 0 Å². The van der Waals surface area contributed by atoms with Gasteiger partial charge in [-0.15, -0.1) is 0 Å². The fourth-order valence-corrected chi connectivity index (χ4v) is 2.96. The molecule has 1 aromatic heterocycles. The lowest BCUT2D eigenvalue weighted by atomic mass is 10.1. The van der Waals surface area contributed by atoms with Gasteiger partial charge >= 0.3 is 0 Å². The summed E-state index contributed by atoms with van der Waals surface area (Å²) >= 11 is 0. The summed E-state index contributed by atoms with van der Waals surface area (Å²) in [6.07, 6.45) is 6.52. The van der Waals surface area contributed by atoms with Crippen LogP contribution < -0.4 is 18.9 Å². The number of carbonyl (C=O) groups excluding carboxylic acids is 1. The molecule has 1 aliphatic heterocycles. The largest absolute Gasteiger partial charge is 0.496 e. The number of ether oxygens (including phenoxy) is 4. The maximum absolute atomic E-state index is 12.2. The molecule has 0 bridgehead atoms. The molecular formula is C22H20N2O5. The average molecular weight is 392 g/mol. The van der Waals surface area contributed by atoms with Gasteiger partial charge in [-0.2, -0.15) is 5.10 Å². The predicted octanol–water partition coefficient (Wildman–Crippen LogP) is 3.63. The number of hydrogen-bond acceptors (Lipinski definition) is 6. The van der Waals surface area contributed by atoms with Gasteiger partial charge < -0.3 is 18.9 Å². The first-order chi connectivity index (χ1) is 14.1. The van der Waals surface area contributed by atoms with Crippen molar-refractivity contribution in [1.82, 2.24) is 9.78 Å². The van der Waals surface area contributed by atoms with Crippen LogP contribution in [-0.2, 0) is 13.7 Å². The van der Waals surface area contributed by atoms with Crippen molar-refractivity contribution in [2.24, 2.45) is 7.05 Å². The molecule has 0 spiro atoms. The van der Waals surface area contributed by atoms with E-state index < -0.39 is 0 Å². The van der Waals surface area contributed by atoms with Gasteiger partial charge in [-0.05, 0) is 35.9 Å². The minimum Gasteiger partial charge on any atom is -0.496 e. The van der Waals surface area contributed by atoms with Crippen molar-refractivity contribution < 1.29 is 23.7 Å². The van der Waals surface area contributed by atoms with E-state index in [9.17, 15) is 4.79 Å². The lowest BCUT2D eigenvalue weighted by molar-refractivity contribution is 0.104. The molecule has 2 heterocycles. The average Bonchev–Trinajstić information content (AvgIpc) is 3.38. The predicted molar refractivity (Wildman–Crippen MR) is 106 cm³/mol. The Morgan fingerprint density at radius 1 is 1.21 bits per heavy atom. The molecule has 3 aromatic rings. The number of hydrogen-bond donors (Lipinski definition) is 0. The SMILES string of the molecule is COc1ccc(/C=C/C(=O)c2cnn(C)c2)cc1COc1ccc2c(c1)OCO2. The lowest BCUT2D eigenvalue weighted by Gasteiger charge is -2.11. The molecule has 0 radical (unpaired) electrons. The highest BCUT2D eigenvalue weighted by Gasteiger charge is 2.14. The smallest absolute Gasteiger partial charge is 0.231 e. The number of fused-ring (bicyclic) bond motifs is 1. The van der Waals surface area contributed by atoms with Crippen molar-refractivity contribution in [3.05, 3.63) is 71.6 Å². The number of aryl methyl sites for hydroxylation is 1. The Morgan fingerprint density at radius 3 is 2.86 bits per heavy atom. The van der Waals surface area contributed by atoms with Crippen LogP contribution >= 0.6 is 0 Å². The summed E-state index contributed by atoms with van der Waals surface area (Å²) in [5.41, 5.74) is 2.28. The zero-order valence-electron chi connectivity index (χ0n) is 16.1. The van der Waals surface area contributed by atoms with E-state index in [0.717, 1.165) is 11.1 Å². The number of nitrogens with zero attached hydrogens (tertiary/aromatic N) is 2. The molecule has 2 aromatic carbocycles. The van der Waals surface area contributed by atoms with Crippen LogP contribution in [0.15, 0.2) is 54.9 Å². The first-order valence-corrected chi connectivity index (χ1v) is 9.03. The Balaban J connectivity index is 1.47. The summed E-state index contributed by atoms with van der Waals surface area (Å²) in [4.78, 5) is 12.2. The maximum atomic E-state index is 12.2. The number of benzene rings is 2. The molecule has 0 amide bonds. The van der Waals surface area contributed by atoms with Gasteiger partial charge in [0, 0.05) is 24.9 Å². The summed E-state index contributed by atoms with van der Waals surface area (Å²) < 4.78 is 23.6. The molecule has 0 fully saturated rings. The van der Waals surface area contributed by atoms with Crippen molar-refractivity contribution in [3.8, 4) is 23.0 Å². The zero-order chi connectivity index (χ0) is 20.2. The first kappa shape index (κ1) is 18.6. The molecule has 7 heteroatoms. The molecule has 7 nitrogen and oxygen atoms in total. The molecule has 0 saturated heterocycles. The van der Waals surface area contributed by atoms with Gasteiger partial charge in [-0.1, -0.05) is 12.1 Å². The van der Waals surface area contributed by atoms with Gasteiger partial charge in [0.25, 0.3) is 0 Å². The van der Waals surface area contributed by atoms with Crippen LogP contribution in [0.1, 0.15) is 21.5 Å². The molecule has 0 N–H and O–H groups in total. The van der Waals surface area contributed by atoms with Crippen LogP contribution in [0.3, 0.4) is 0 Å². The summed E-state index contributed by atoms with van der Waals surface area (Å²) in [6.45, 7) is 0.528. The molecule has 0 atom stereocenters. The molecule has 1 aliphatic rings. The number of rotatable bonds is 7. The Morgan fingerprint density at radius 2 is 2.07 bits per heavy atom. The van der Waals surface area contributed by atoms with Gasteiger partial charge in [0.05, 0.1) is 18.9 Å². The zero-order valence-corrected chi connectivity index (χ0v) is 16.1. The monoisotopic (exact) mass is 392 g/mol. The number of ketones is 1. The number of allylic oxidation sites excluding steroid dienone is 1. The lowest BCUT2D eigenvalue weighted by Crippen LogP contribution is -1.99. The van der Waals surface area contributed by atoms with E-state index in [1.165, 1.54) is 6.08 Å². The van der Waals surface area contributed by atoms with Crippen LogP contribution in [0.2, 0.25) is 0 Å². The van der Waals surface area contributed by atoms with Crippen LogP contribution in [0, 0.1) is 0 Å². The van der Waals surface area contributed by atoms with Crippen molar-refractivity contribution in [3.63, 3.8) is 0 Å². The third-order valence-electron chi connectivity index (χ3n) is 4.46. The van der Waals surface area contributed by atoms with E-state index in [1.54, 1.807) is 43.4 Å². The maximum Gasteiger partial charge on any atom is 0.231 e. The summed E-state index contributed by atoms with van der Waals surface area (Å²) in [5.74, 6) is 2.65. The van der Waals surface area contributed by atoms with Gasteiger partial charge in [-0.25, -0.2) is 0 Å². The van der Waals surface area contributed by atoms with Gasteiger partial charge in [0.15, 0.2) is 17.3 Å². The van der Waals surface area contributed by atoms with Crippen molar-refractivity contribution in [2.45, 2.75) is 6.61 Å². The second-order valence-electron chi connectivity index (χ2n) is 6.48. The summed E-state index contributed by atoms with van der Waals surface area (Å²) in [6, 6.07) is 11.1. The summed E-state index contributed by atoms with van der Waals surface area (Å²) in [5, 5.41) is 4.02. The van der Waals surface area contributed by atoms with E-state index in [1.807, 2.05) is 30.3 Å². The topological polar surface area (TPSA) is 71.8 Å². The molecule has 0 unspecified atom stereocenters. The fraction of sp³-hybridized carbons (Fsp3) is 0.182. The number of aromatic nitrogens is 2. The molecule has 148 valence electrons. The van der Waals surface area contributed by atoms with E-state index in [4.69, 9.17) is 18.9 Å². The quantitative estimate of drug-likeness (QED) is 0.452. The second-order valence-corrected chi connectivity index (χ2v) is 6.48. The highest BCUT2D eigenvalue weighted by molar-refractivity contribution is 6.06. The van der Waals surface area contributed by atoms with E-state index in [-0.39, 0.29) is 12.6 Å².